The number of rotatable bonds is 1. The molecule has 0 unspecified atom stereocenters. The van der Waals surface area contributed by atoms with Crippen molar-refractivity contribution in [2.45, 2.75) is 11.8 Å². The third-order valence-electron chi connectivity index (χ3n) is 1.50. The molecule has 0 radical (unpaired) electrons. The van der Waals surface area contributed by atoms with Gasteiger partial charge in [-0.2, -0.15) is 0 Å². The smallest absolute Gasteiger partial charge is 0.201 e. The van der Waals surface area contributed by atoms with Crippen LogP contribution in [-0.4, -0.2) is 19.9 Å². The largest absolute Gasteiger partial charge is 0.504 e. The van der Waals surface area contributed by atoms with E-state index in [-0.39, 0.29) is 10.6 Å². The highest BCUT2D eigenvalue weighted by molar-refractivity contribution is 7.93. The number of hydrogen-bond donors (Lipinski definition) is 4. The number of aromatic hydroxyl groups is 3. The minimum Gasteiger partial charge on any atom is -0.504 e. The first kappa shape index (κ1) is 9.02. The van der Waals surface area contributed by atoms with Crippen LogP contribution in [0, 0.1) is 6.92 Å². The maximum atomic E-state index is 9.11. The molecule has 1 aromatic carbocycles. The highest BCUT2D eigenvalue weighted by Gasteiger charge is 2.13. The van der Waals surface area contributed by atoms with Gasteiger partial charge in [0.05, 0.1) is 4.90 Å². The molecule has 0 amide bonds. The van der Waals surface area contributed by atoms with Crippen LogP contribution in [0.5, 0.6) is 17.2 Å². The molecule has 4 N–H and O–H groups in total. The first-order valence-electron chi connectivity index (χ1n) is 3.13. The van der Waals surface area contributed by atoms with Gasteiger partial charge in [-0.25, -0.2) is 0 Å². The molecule has 0 fully saturated rings. The summed E-state index contributed by atoms with van der Waals surface area (Å²) in [4.78, 5) is 0.114. The number of phenolic OH excluding ortho intramolecular Hbond substituents is 3. The highest BCUT2D eigenvalue weighted by atomic mass is 32.2. The second kappa shape index (κ2) is 3.12. The summed E-state index contributed by atoms with van der Waals surface area (Å²) in [5.74, 6) is -1.48. The molecule has 0 aliphatic carbocycles. The van der Waals surface area contributed by atoms with Crippen molar-refractivity contribution >= 4 is 12.0 Å². The molecule has 0 aliphatic rings. The van der Waals surface area contributed by atoms with Crippen LogP contribution in [0.15, 0.2) is 11.0 Å². The van der Waals surface area contributed by atoms with E-state index in [9.17, 15) is 0 Å². The standard InChI is InChI=1S/C7H8O4S/c1-3-2-4(12-11)6(9)7(10)5(3)8/h2,8-11H,1H3. The number of phenols is 3. The van der Waals surface area contributed by atoms with Crippen molar-refractivity contribution in [2.24, 2.45) is 0 Å². The maximum Gasteiger partial charge on any atom is 0.201 e. The number of aryl methyl sites for hydroxylation is 1. The molecule has 66 valence electrons. The lowest BCUT2D eigenvalue weighted by atomic mass is 10.2. The fourth-order valence-electron chi connectivity index (χ4n) is 0.819. The molecule has 0 spiro atoms. The monoisotopic (exact) mass is 188 g/mol. The summed E-state index contributed by atoms with van der Waals surface area (Å²) in [6.07, 6.45) is 0. The molecule has 5 heteroatoms. The van der Waals surface area contributed by atoms with Gasteiger partial charge in [-0.3, -0.25) is 0 Å². The third kappa shape index (κ3) is 1.28. The van der Waals surface area contributed by atoms with Crippen LogP contribution in [0.25, 0.3) is 0 Å². The Bertz CT molecular complexity index is 311. The Balaban J connectivity index is 3.39. The van der Waals surface area contributed by atoms with Crippen molar-refractivity contribution in [1.82, 2.24) is 0 Å². The van der Waals surface area contributed by atoms with E-state index in [2.05, 4.69) is 0 Å². The molecular formula is C7H8O4S. The fourth-order valence-corrected chi connectivity index (χ4v) is 1.23. The van der Waals surface area contributed by atoms with Crippen LogP contribution in [0.3, 0.4) is 0 Å². The minimum atomic E-state index is -0.605. The summed E-state index contributed by atoms with van der Waals surface area (Å²) in [7, 11) is 0. The quantitative estimate of drug-likeness (QED) is 0.398. The summed E-state index contributed by atoms with van der Waals surface area (Å²) in [5.41, 5.74) is 0.391. The average molecular weight is 188 g/mol. The Kier molecular flexibility index (Phi) is 2.35. The first-order chi connectivity index (χ1) is 5.57. The van der Waals surface area contributed by atoms with E-state index in [1.807, 2.05) is 0 Å². The molecule has 0 saturated heterocycles. The number of hydrogen-bond acceptors (Lipinski definition) is 5. The lowest BCUT2D eigenvalue weighted by molar-refractivity contribution is 0.359. The lowest BCUT2D eigenvalue weighted by Crippen LogP contribution is -1.80. The summed E-state index contributed by atoms with van der Waals surface area (Å²) in [6, 6.07) is 1.37. The van der Waals surface area contributed by atoms with Crippen molar-refractivity contribution < 1.29 is 19.9 Å². The van der Waals surface area contributed by atoms with Gasteiger partial charge >= 0.3 is 0 Å². The van der Waals surface area contributed by atoms with Gasteiger partial charge in [0.1, 0.15) is 0 Å². The van der Waals surface area contributed by atoms with Gasteiger partial charge < -0.3 is 19.9 Å². The van der Waals surface area contributed by atoms with Gasteiger partial charge in [0.15, 0.2) is 11.5 Å². The Morgan fingerprint density at radius 2 is 1.67 bits per heavy atom. The van der Waals surface area contributed by atoms with Crippen LogP contribution >= 0.6 is 12.0 Å². The van der Waals surface area contributed by atoms with E-state index in [4.69, 9.17) is 19.9 Å². The molecule has 0 saturated carbocycles. The van der Waals surface area contributed by atoms with E-state index in [1.54, 1.807) is 6.92 Å². The Morgan fingerprint density at radius 1 is 1.08 bits per heavy atom. The zero-order valence-corrected chi connectivity index (χ0v) is 7.09. The normalized spacial score (nSPS) is 10.2. The van der Waals surface area contributed by atoms with Crippen molar-refractivity contribution in [3.05, 3.63) is 11.6 Å². The topological polar surface area (TPSA) is 80.9 Å². The summed E-state index contributed by atoms with van der Waals surface area (Å²) in [6.45, 7) is 1.55. The predicted molar refractivity (Wildman–Crippen MR) is 44.7 cm³/mol. The van der Waals surface area contributed by atoms with Gasteiger partial charge in [-0.05, 0) is 18.6 Å². The highest BCUT2D eigenvalue weighted by Crippen LogP contribution is 2.43. The molecule has 0 bridgehead atoms. The second-order valence-electron chi connectivity index (χ2n) is 2.33. The van der Waals surface area contributed by atoms with Gasteiger partial charge in [-0.1, -0.05) is 0 Å². The molecule has 0 heterocycles. The van der Waals surface area contributed by atoms with Gasteiger partial charge in [0.25, 0.3) is 0 Å². The Labute approximate surface area is 73.3 Å². The van der Waals surface area contributed by atoms with Crippen molar-refractivity contribution in [2.75, 3.05) is 0 Å². The third-order valence-corrected chi connectivity index (χ3v) is 2.01. The van der Waals surface area contributed by atoms with Gasteiger partial charge in [-0.15, -0.1) is 0 Å². The number of benzene rings is 1. The van der Waals surface area contributed by atoms with Crippen molar-refractivity contribution in [3.63, 3.8) is 0 Å². The van der Waals surface area contributed by atoms with Crippen LogP contribution in [0.4, 0.5) is 0 Å². The van der Waals surface area contributed by atoms with Gasteiger partial charge in [0.2, 0.25) is 5.75 Å². The maximum absolute atomic E-state index is 9.11. The zero-order valence-electron chi connectivity index (χ0n) is 6.27. The van der Waals surface area contributed by atoms with E-state index >= 15 is 0 Å². The molecule has 4 nitrogen and oxygen atoms in total. The van der Waals surface area contributed by atoms with E-state index < -0.39 is 11.5 Å². The van der Waals surface area contributed by atoms with Crippen molar-refractivity contribution in [3.8, 4) is 17.2 Å². The second-order valence-corrected chi connectivity index (χ2v) is 2.95. The van der Waals surface area contributed by atoms with E-state index in [0.29, 0.717) is 17.6 Å². The fraction of sp³-hybridized carbons (Fsp3) is 0.143. The molecule has 0 aliphatic heterocycles. The molecule has 1 rings (SSSR count). The summed E-state index contributed by atoms with van der Waals surface area (Å²) >= 11 is 0.311. The van der Waals surface area contributed by atoms with Crippen LogP contribution in [0.1, 0.15) is 5.56 Å². The summed E-state index contributed by atoms with van der Waals surface area (Å²) < 4.78 is 8.62. The molecule has 0 atom stereocenters. The zero-order chi connectivity index (χ0) is 9.30. The van der Waals surface area contributed by atoms with Gasteiger partial charge in [0, 0.05) is 12.0 Å². The van der Waals surface area contributed by atoms with Crippen LogP contribution in [-0.2, 0) is 0 Å². The minimum absolute atomic E-state index is 0.114. The molecule has 1 aromatic rings. The average Bonchev–Trinajstić information content (AvgIpc) is 2.08. The Morgan fingerprint density at radius 3 is 2.17 bits per heavy atom. The van der Waals surface area contributed by atoms with Crippen molar-refractivity contribution in [1.29, 1.82) is 0 Å². The van der Waals surface area contributed by atoms with E-state index in [0.717, 1.165) is 0 Å². The predicted octanol–water partition coefficient (Wildman–Crippen LogP) is 1.68. The SMILES string of the molecule is Cc1cc(SO)c(O)c(O)c1O. The molecular weight excluding hydrogens is 180 g/mol. The molecule has 12 heavy (non-hydrogen) atoms. The van der Waals surface area contributed by atoms with Crippen LogP contribution in [0.2, 0.25) is 0 Å². The first-order valence-corrected chi connectivity index (χ1v) is 3.91. The lowest BCUT2D eigenvalue weighted by Gasteiger charge is -2.06. The Hall–Kier alpha value is -1.07. The van der Waals surface area contributed by atoms with E-state index in [1.165, 1.54) is 6.07 Å². The summed E-state index contributed by atoms with van der Waals surface area (Å²) in [5, 5.41) is 27.3. The molecule has 0 aromatic heterocycles. The van der Waals surface area contributed by atoms with Crippen LogP contribution < -0.4 is 0 Å².